The minimum absolute atomic E-state index is 0.125. The van der Waals surface area contributed by atoms with Crippen LogP contribution in [0, 0.1) is 11.3 Å². The Morgan fingerprint density at radius 1 is 1.16 bits per heavy atom. The highest BCUT2D eigenvalue weighted by atomic mass is 35.5. The summed E-state index contributed by atoms with van der Waals surface area (Å²) in [5, 5.41) is 12.8. The highest BCUT2D eigenvalue weighted by molar-refractivity contribution is 8.04. The third-order valence-electron chi connectivity index (χ3n) is 3.47. The normalized spacial score (nSPS) is 15.7. The standard InChI is InChI=1S/C18H12ClN3O2S/c19-14-8-4-5-9-15(14)21-17(24)13(10-20)18-22(16(23)11-25-18)12-6-2-1-3-7-12/h1-9H,11H2,(H,21,24). The predicted molar refractivity (Wildman–Crippen MR) is 99.1 cm³/mol. The summed E-state index contributed by atoms with van der Waals surface area (Å²) in [6.07, 6.45) is 0. The lowest BCUT2D eigenvalue weighted by Crippen LogP contribution is -2.26. The first-order valence-corrected chi connectivity index (χ1v) is 8.69. The van der Waals surface area contributed by atoms with E-state index >= 15 is 0 Å². The largest absolute Gasteiger partial charge is 0.320 e. The van der Waals surface area contributed by atoms with E-state index in [4.69, 9.17) is 11.6 Å². The van der Waals surface area contributed by atoms with Crippen LogP contribution in [0.5, 0.6) is 0 Å². The molecule has 124 valence electrons. The maximum absolute atomic E-state index is 12.6. The molecule has 0 saturated carbocycles. The number of hydrogen-bond acceptors (Lipinski definition) is 4. The number of anilines is 2. The van der Waals surface area contributed by atoms with E-state index < -0.39 is 5.91 Å². The Morgan fingerprint density at radius 2 is 1.84 bits per heavy atom. The summed E-state index contributed by atoms with van der Waals surface area (Å²) in [6.45, 7) is 0. The fraction of sp³-hybridized carbons (Fsp3) is 0.0556. The first-order valence-electron chi connectivity index (χ1n) is 7.33. The van der Waals surface area contributed by atoms with E-state index in [1.807, 2.05) is 12.1 Å². The van der Waals surface area contributed by atoms with Gasteiger partial charge in [-0.1, -0.05) is 53.7 Å². The van der Waals surface area contributed by atoms with Crippen molar-refractivity contribution in [3.05, 3.63) is 70.2 Å². The highest BCUT2D eigenvalue weighted by Crippen LogP contribution is 2.36. The van der Waals surface area contributed by atoms with Crippen LogP contribution in [0.15, 0.2) is 65.2 Å². The van der Waals surface area contributed by atoms with E-state index in [0.29, 0.717) is 21.4 Å². The molecular formula is C18H12ClN3O2S. The summed E-state index contributed by atoms with van der Waals surface area (Å²) in [5.74, 6) is -0.604. The van der Waals surface area contributed by atoms with E-state index in [9.17, 15) is 14.9 Å². The molecule has 2 amide bonds. The second kappa shape index (κ2) is 7.43. The molecule has 1 aliphatic rings. The monoisotopic (exact) mass is 369 g/mol. The molecule has 1 saturated heterocycles. The molecule has 1 N–H and O–H groups in total. The van der Waals surface area contributed by atoms with Crippen molar-refractivity contribution in [1.29, 1.82) is 5.26 Å². The third kappa shape index (κ3) is 3.53. The zero-order chi connectivity index (χ0) is 17.8. The quantitative estimate of drug-likeness (QED) is 0.659. The average molecular weight is 370 g/mol. The Balaban J connectivity index is 1.97. The number of para-hydroxylation sites is 2. The van der Waals surface area contributed by atoms with Gasteiger partial charge in [0.25, 0.3) is 5.91 Å². The second-order valence-corrected chi connectivity index (χ2v) is 6.45. The number of rotatable bonds is 3. The third-order valence-corrected chi connectivity index (χ3v) is 4.86. The van der Waals surface area contributed by atoms with Gasteiger partial charge in [0.1, 0.15) is 16.7 Å². The van der Waals surface area contributed by atoms with Crippen molar-refractivity contribution in [2.24, 2.45) is 0 Å². The van der Waals surface area contributed by atoms with Crippen molar-refractivity contribution < 1.29 is 9.59 Å². The van der Waals surface area contributed by atoms with Gasteiger partial charge in [0.05, 0.1) is 16.5 Å². The molecule has 0 radical (unpaired) electrons. The lowest BCUT2D eigenvalue weighted by molar-refractivity contribution is -0.115. The molecule has 0 unspecified atom stereocenters. The Labute approximate surface area is 153 Å². The number of carbonyl (C=O) groups excluding carboxylic acids is 2. The minimum Gasteiger partial charge on any atom is -0.320 e. The van der Waals surface area contributed by atoms with E-state index in [1.54, 1.807) is 48.5 Å². The molecule has 7 heteroatoms. The number of nitrogens with zero attached hydrogens (tertiary/aromatic N) is 2. The van der Waals surface area contributed by atoms with Crippen molar-refractivity contribution in [2.45, 2.75) is 0 Å². The van der Waals surface area contributed by atoms with Gasteiger partial charge in [0.15, 0.2) is 0 Å². The van der Waals surface area contributed by atoms with Gasteiger partial charge in [-0.15, -0.1) is 0 Å². The van der Waals surface area contributed by atoms with Crippen LogP contribution in [-0.4, -0.2) is 17.6 Å². The number of thioether (sulfide) groups is 1. The summed E-state index contributed by atoms with van der Waals surface area (Å²) in [6, 6.07) is 17.6. The molecule has 0 aliphatic carbocycles. The van der Waals surface area contributed by atoms with E-state index in [0.717, 1.165) is 0 Å². The molecule has 0 atom stereocenters. The number of amides is 2. The molecule has 1 heterocycles. The maximum Gasteiger partial charge on any atom is 0.269 e. The van der Waals surface area contributed by atoms with Crippen molar-refractivity contribution in [2.75, 3.05) is 16.0 Å². The zero-order valence-electron chi connectivity index (χ0n) is 12.9. The van der Waals surface area contributed by atoms with Crippen LogP contribution < -0.4 is 10.2 Å². The van der Waals surface area contributed by atoms with Gasteiger partial charge in [-0.2, -0.15) is 5.26 Å². The molecule has 1 aliphatic heterocycles. The summed E-state index contributed by atoms with van der Waals surface area (Å²) in [4.78, 5) is 26.2. The minimum atomic E-state index is -0.603. The van der Waals surface area contributed by atoms with Crippen LogP contribution in [0.4, 0.5) is 11.4 Å². The van der Waals surface area contributed by atoms with Gasteiger partial charge in [-0.25, -0.2) is 0 Å². The highest BCUT2D eigenvalue weighted by Gasteiger charge is 2.33. The van der Waals surface area contributed by atoms with E-state index in [1.165, 1.54) is 16.7 Å². The molecule has 0 aromatic heterocycles. The van der Waals surface area contributed by atoms with Crippen LogP contribution in [0.2, 0.25) is 5.02 Å². The first kappa shape index (κ1) is 17.1. The van der Waals surface area contributed by atoms with Gasteiger partial charge >= 0.3 is 0 Å². The number of carbonyl (C=O) groups is 2. The number of halogens is 1. The van der Waals surface area contributed by atoms with Crippen LogP contribution >= 0.6 is 23.4 Å². The summed E-state index contributed by atoms with van der Waals surface area (Å²) in [5.41, 5.74) is 0.897. The van der Waals surface area contributed by atoms with Gasteiger partial charge in [0.2, 0.25) is 5.91 Å². The predicted octanol–water partition coefficient (Wildman–Crippen LogP) is 3.79. The van der Waals surface area contributed by atoms with Gasteiger partial charge in [0, 0.05) is 5.69 Å². The fourth-order valence-electron chi connectivity index (χ4n) is 2.34. The molecule has 5 nitrogen and oxygen atoms in total. The van der Waals surface area contributed by atoms with Crippen LogP contribution in [0.25, 0.3) is 0 Å². The van der Waals surface area contributed by atoms with E-state index in [-0.39, 0.29) is 17.2 Å². The molecule has 0 spiro atoms. The van der Waals surface area contributed by atoms with Gasteiger partial charge < -0.3 is 5.32 Å². The number of hydrogen-bond donors (Lipinski definition) is 1. The van der Waals surface area contributed by atoms with Gasteiger partial charge in [-0.3, -0.25) is 14.5 Å². The second-order valence-electron chi connectivity index (χ2n) is 5.08. The van der Waals surface area contributed by atoms with Gasteiger partial charge in [-0.05, 0) is 24.3 Å². The molecule has 2 aromatic rings. The lowest BCUT2D eigenvalue weighted by Gasteiger charge is -2.18. The van der Waals surface area contributed by atoms with Crippen molar-refractivity contribution in [3.63, 3.8) is 0 Å². The Kier molecular flexibility index (Phi) is 5.08. The Hall–Kier alpha value is -2.75. The molecule has 0 bridgehead atoms. The maximum atomic E-state index is 12.6. The molecule has 25 heavy (non-hydrogen) atoms. The average Bonchev–Trinajstić information content (AvgIpc) is 3.00. The van der Waals surface area contributed by atoms with Crippen molar-refractivity contribution in [3.8, 4) is 6.07 Å². The topological polar surface area (TPSA) is 73.2 Å². The van der Waals surface area contributed by atoms with Crippen molar-refractivity contribution in [1.82, 2.24) is 0 Å². The van der Waals surface area contributed by atoms with E-state index in [2.05, 4.69) is 5.32 Å². The zero-order valence-corrected chi connectivity index (χ0v) is 14.5. The smallest absolute Gasteiger partial charge is 0.269 e. The van der Waals surface area contributed by atoms with Crippen LogP contribution in [0.3, 0.4) is 0 Å². The first-order chi connectivity index (χ1) is 12.1. The number of benzene rings is 2. The molecule has 2 aromatic carbocycles. The van der Waals surface area contributed by atoms with Crippen molar-refractivity contribution >= 4 is 46.6 Å². The molecule has 3 rings (SSSR count). The summed E-state index contributed by atoms with van der Waals surface area (Å²) < 4.78 is 0. The van der Waals surface area contributed by atoms with Crippen LogP contribution in [0.1, 0.15) is 0 Å². The Bertz CT molecular complexity index is 906. The summed E-state index contributed by atoms with van der Waals surface area (Å²) >= 11 is 7.21. The Morgan fingerprint density at radius 3 is 2.52 bits per heavy atom. The lowest BCUT2D eigenvalue weighted by atomic mass is 10.2. The molecular weight excluding hydrogens is 358 g/mol. The molecule has 1 fully saturated rings. The number of nitriles is 1. The SMILES string of the molecule is N#CC(C(=O)Nc1ccccc1Cl)=C1SCC(=O)N1c1ccccc1. The fourth-order valence-corrected chi connectivity index (χ4v) is 3.53. The van der Waals surface area contributed by atoms with Crippen LogP contribution in [-0.2, 0) is 9.59 Å². The number of nitrogens with one attached hydrogen (secondary N) is 1. The summed E-state index contributed by atoms with van der Waals surface area (Å²) in [7, 11) is 0.